The van der Waals surface area contributed by atoms with Crippen LogP contribution in [0.3, 0.4) is 0 Å². The topological polar surface area (TPSA) is 89.9 Å². The zero-order valence-corrected chi connectivity index (χ0v) is 10.9. The van der Waals surface area contributed by atoms with Gasteiger partial charge in [-0.25, -0.2) is 4.79 Å². The van der Waals surface area contributed by atoms with Crippen molar-refractivity contribution in [2.75, 3.05) is 13.6 Å². The highest BCUT2D eigenvalue weighted by atomic mass is 16.4. The van der Waals surface area contributed by atoms with Crippen LogP contribution in [0.25, 0.3) is 0 Å². The first kappa shape index (κ1) is 15.7. The third-order valence-corrected chi connectivity index (χ3v) is 2.72. The molecule has 100 valence electrons. The lowest BCUT2D eigenvalue weighted by atomic mass is 10.0. The molecule has 0 aliphatic rings. The number of aliphatic carboxylic acids is 1. The van der Waals surface area contributed by atoms with Crippen molar-refractivity contribution >= 4 is 12.0 Å². The van der Waals surface area contributed by atoms with Crippen LogP contribution in [-0.2, 0) is 4.79 Å². The fraction of sp³-hybridized carbons (Fsp3) is 0.818. The molecule has 2 amide bonds. The molecule has 0 aliphatic carbocycles. The SMILES string of the molecule is CCC(C)N(C)C(=O)NCC(C)(O)CC(=O)O. The second kappa shape index (κ2) is 6.44. The average Bonchev–Trinajstić information content (AvgIpc) is 2.22. The van der Waals surface area contributed by atoms with Crippen LogP contribution in [0.1, 0.15) is 33.6 Å². The Hall–Kier alpha value is -1.30. The molecule has 0 heterocycles. The van der Waals surface area contributed by atoms with Gasteiger partial charge < -0.3 is 20.4 Å². The number of carboxylic acid groups (broad SMARTS) is 1. The number of amides is 2. The number of rotatable bonds is 6. The van der Waals surface area contributed by atoms with E-state index < -0.39 is 18.0 Å². The first-order valence-corrected chi connectivity index (χ1v) is 5.64. The van der Waals surface area contributed by atoms with E-state index in [0.717, 1.165) is 6.42 Å². The van der Waals surface area contributed by atoms with Crippen LogP contribution in [-0.4, -0.2) is 52.3 Å². The van der Waals surface area contributed by atoms with E-state index in [2.05, 4.69) is 5.32 Å². The number of hydrogen-bond acceptors (Lipinski definition) is 3. The second-order valence-corrected chi connectivity index (χ2v) is 4.59. The normalized spacial score (nSPS) is 15.8. The Bertz CT molecular complexity index is 279. The van der Waals surface area contributed by atoms with Crippen molar-refractivity contribution in [1.82, 2.24) is 10.2 Å². The molecule has 0 saturated heterocycles. The summed E-state index contributed by atoms with van der Waals surface area (Å²) in [5.74, 6) is -1.10. The number of hydrogen-bond donors (Lipinski definition) is 3. The summed E-state index contributed by atoms with van der Waals surface area (Å²) < 4.78 is 0. The van der Waals surface area contributed by atoms with Crippen molar-refractivity contribution in [2.45, 2.75) is 45.3 Å². The Labute approximate surface area is 102 Å². The van der Waals surface area contributed by atoms with Gasteiger partial charge in [0, 0.05) is 19.6 Å². The maximum absolute atomic E-state index is 11.6. The van der Waals surface area contributed by atoms with Gasteiger partial charge in [-0.2, -0.15) is 0 Å². The minimum Gasteiger partial charge on any atom is -0.481 e. The van der Waals surface area contributed by atoms with Gasteiger partial charge in [-0.15, -0.1) is 0 Å². The molecular formula is C11H22N2O4. The molecule has 3 N–H and O–H groups in total. The van der Waals surface area contributed by atoms with Gasteiger partial charge in [0.05, 0.1) is 12.0 Å². The van der Waals surface area contributed by atoms with E-state index in [-0.39, 0.29) is 18.6 Å². The number of carbonyl (C=O) groups is 2. The van der Waals surface area contributed by atoms with Gasteiger partial charge >= 0.3 is 12.0 Å². The molecule has 0 spiro atoms. The fourth-order valence-corrected chi connectivity index (χ4v) is 1.25. The molecule has 0 rings (SSSR count). The van der Waals surface area contributed by atoms with E-state index in [0.29, 0.717) is 0 Å². The summed E-state index contributed by atoms with van der Waals surface area (Å²) in [6.45, 7) is 5.17. The van der Waals surface area contributed by atoms with Crippen molar-refractivity contribution in [2.24, 2.45) is 0 Å². The lowest BCUT2D eigenvalue weighted by molar-refractivity contribution is -0.141. The van der Waals surface area contributed by atoms with Crippen molar-refractivity contribution in [3.05, 3.63) is 0 Å². The molecule has 0 aromatic carbocycles. The van der Waals surface area contributed by atoms with Crippen molar-refractivity contribution in [1.29, 1.82) is 0 Å². The minimum atomic E-state index is -1.43. The summed E-state index contributed by atoms with van der Waals surface area (Å²) >= 11 is 0. The maximum Gasteiger partial charge on any atom is 0.317 e. The Morgan fingerprint density at radius 2 is 2.00 bits per heavy atom. The molecule has 0 radical (unpaired) electrons. The van der Waals surface area contributed by atoms with Crippen molar-refractivity contribution in [3.8, 4) is 0 Å². The lowest BCUT2D eigenvalue weighted by Crippen LogP contribution is -2.48. The van der Waals surface area contributed by atoms with Crippen molar-refractivity contribution < 1.29 is 19.8 Å². The molecule has 0 bridgehead atoms. The summed E-state index contributed by atoms with van der Waals surface area (Å²) in [4.78, 5) is 23.6. The molecule has 2 atom stereocenters. The predicted octanol–water partition coefficient (Wildman–Crippen LogP) is 0.652. The minimum absolute atomic E-state index is 0.0844. The Morgan fingerprint density at radius 1 is 1.47 bits per heavy atom. The van der Waals surface area contributed by atoms with Gasteiger partial charge in [-0.05, 0) is 20.3 Å². The Morgan fingerprint density at radius 3 is 2.41 bits per heavy atom. The van der Waals surface area contributed by atoms with E-state index >= 15 is 0 Å². The molecule has 6 heteroatoms. The number of aliphatic hydroxyl groups is 1. The van der Waals surface area contributed by atoms with Gasteiger partial charge in [0.15, 0.2) is 0 Å². The summed E-state index contributed by atoms with van der Waals surface area (Å²) in [6, 6.07) is -0.218. The number of urea groups is 1. The zero-order chi connectivity index (χ0) is 13.6. The van der Waals surface area contributed by atoms with Gasteiger partial charge in [0.1, 0.15) is 0 Å². The highest BCUT2D eigenvalue weighted by molar-refractivity contribution is 5.74. The number of carboxylic acids is 1. The van der Waals surface area contributed by atoms with Crippen LogP contribution < -0.4 is 5.32 Å². The highest BCUT2D eigenvalue weighted by Crippen LogP contribution is 2.08. The Balaban J connectivity index is 4.19. The first-order valence-electron chi connectivity index (χ1n) is 5.64. The van der Waals surface area contributed by atoms with E-state index in [1.807, 2.05) is 13.8 Å². The third-order valence-electron chi connectivity index (χ3n) is 2.72. The van der Waals surface area contributed by atoms with Crippen LogP contribution in [0.5, 0.6) is 0 Å². The molecule has 2 unspecified atom stereocenters. The molecule has 0 aliphatic heterocycles. The molecule has 6 nitrogen and oxygen atoms in total. The molecule has 0 saturated carbocycles. The summed E-state index contributed by atoms with van der Waals surface area (Å²) in [7, 11) is 1.66. The maximum atomic E-state index is 11.6. The van der Waals surface area contributed by atoms with E-state index in [1.165, 1.54) is 11.8 Å². The van der Waals surface area contributed by atoms with Crippen LogP contribution in [0, 0.1) is 0 Å². The van der Waals surface area contributed by atoms with E-state index in [9.17, 15) is 14.7 Å². The van der Waals surface area contributed by atoms with Gasteiger partial charge in [0.2, 0.25) is 0 Å². The highest BCUT2D eigenvalue weighted by Gasteiger charge is 2.25. The van der Waals surface area contributed by atoms with Gasteiger partial charge in [0.25, 0.3) is 0 Å². The fourth-order valence-electron chi connectivity index (χ4n) is 1.25. The van der Waals surface area contributed by atoms with E-state index in [1.54, 1.807) is 7.05 Å². The van der Waals surface area contributed by atoms with Crippen LogP contribution in [0.2, 0.25) is 0 Å². The largest absolute Gasteiger partial charge is 0.481 e. The summed E-state index contributed by atoms with van der Waals surface area (Å²) in [6.07, 6.45) is 0.426. The predicted molar refractivity (Wildman–Crippen MR) is 63.8 cm³/mol. The summed E-state index contributed by atoms with van der Waals surface area (Å²) in [5.41, 5.74) is -1.43. The van der Waals surface area contributed by atoms with E-state index in [4.69, 9.17) is 5.11 Å². The second-order valence-electron chi connectivity index (χ2n) is 4.59. The zero-order valence-electron chi connectivity index (χ0n) is 10.9. The molecular weight excluding hydrogens is 224 g/mol. The summed E-state index contributed by atoms with van der Waals surface area (Å²) in [5, 5.41) is 20.8. The monoisotopic (exact) mass is 246 g/mol. The van der Waals surface area contributed by atoms with Crippen LogP contribution >= 0.6 is 0 Å². The molecule has 0 aromatic heterocycles. The average molecular weight is 246 g/mol. The number of nitrogens with one attached hydrogen (secondary N) is 1. The lowest BCUT2D eigenvalue weighted by Gasteiger charge is -2.27. The standard InChI is InChI=1S/C11H22N2O4/c1-5-8(2)13(4)10(16)12-7-11(3,17)6-9(14)15/h8,17H,5-7H2,1-4H3,(H,12,16)(H,14,15). The van der Waals surface area contributed by atoms with Gasteiger partial charge in [-0.3, -0.25) is 4.79 Å². The third kappa shape index (κ3) is 6.11. The quantitative estimate of drug-likeness (QED) is 0.642. The Kier molecular flexibility index (Phi) is 5.95. The van der Waals surface area contributed by atoms with Crippen LogP contribution in [0.15, 0.2) is 0 Å². The molecule has 0 aromatic rings. The first-order chi connectivity index (χ1) is 7.69. The number of carbonyl (C=O) groups excluding carboxylic acids is 1. The van der Waals surface area contributed by atoms with Crippen molar-refractivity contribution in [3.63, 3.8) is 0 Å². The molecule has 0 fully saturated rings. The molecule has 17 heavy (non-hydrogen) atoms. The number of nitrogens with zero attached hydrogens (tertiary/aromatic N) is 1. The van der Waals surface area contributed by atoms with Crippen LogP contribution in [0.4, 0.5) is 4.79 Å². The van der Waals surface area contributed by atoms with Gasteiger partial charge in [-0.1, -0.05) is 6.92 Å². The smallest absolute Gasteiger partial charge is 0.317 e.